The maximum Gasteiger partial charge on any atom is 0.416 e. The first kappa shape index (κ1) is 63.1. The molecule has 4 aromatic rings. The number of hydrogen-bond acceptors (Lipinski definition) is 10. The van der Waals surface area contributed by atoms with E-state index in [1.54, 1.807) is 38.5 Å². The Labute approximate surface area is 464 Å². The fraction of sp³-hybridized carbons (Fsp3) is 0.542. The van der Waals surface area contributed by atoms with Crippen LogP contribution < -0.4 is 36.1 Å². The van der Waals surface area contributed by atoms with Crippen molar-refractivity contribution in [2.24, 2.45) is 11.8 Å². The number of ether oxygens (including phenoxy) is 7. The van der Waals surface area contributed by atoms with E-state index in [0.717, 1.165) is 73.6 Å². The van der Waals surface area contributed by atoms with Crippen LogP contribution in [0.3, 0.4) is 0 Å². The van der Waals surface area contributed by atoms with Gasteiger partial charge in [-0.25, -0.2) is 9.59 Å². The highest BCUT2D eigenvalue weighted by atomic mass is 19.4. The molecule has 0 saturated carbocycles. The molecule has 0 radical (unpaired) electrons. The van der Waals surface area contributed by atoms with Gasteiger partial charge in [0.15, 0.2) is 6.29 Å². The summed E-state index contributed by atoms with van der Waals surface area (Å²) in [6.45, 7) is 5.92. The smallest absolute Gasteiger partial charge is 0.416 e. The molecule has 21 heteroatoms. The summed E-state index contributed by atoms with van der Waals surface area (Å²) in [6, 6.07) is 17.7. The van der Waals surface area contributed by atoms with Gasteiger partial charge < -0.3 is 59.7 Å². The molecular formula is C59H77F6N5O10. The van der Waals surface area contributed by atoms with Crippen molar-refractivity contribution in [1.82, 2.24) is 16.0 Å². The van der Waals surface area contributed by atoms with E-state index in [9.17, 15) is 40.7 Å². The van der Waals surface area contributed by atoms with Gasteiger partial charge in [0, 0.05) is 17.8 Å². The van der Waals surface area contributed by atoms with Crippen molar-refractivity contribution < 1.29 is 73.9 Å². The van der Waals surface area contributed by atoms with Crippen LogP contribution in [0.25, 0.3) is 0 Å². The van der Waals surface area contributed by atoms with E-state index in [1.165, 1.54) is 43.9 Å². The number of methoxy groups -OCH3 is 2. The Kier molecular flexibility index (Phi) is 24.6. The third kappa shape index (κ3) is 19.8. The minimum absolute atomic E-state index is 0.0379. The molecule has 0 aromatic heterocycles. The Balaban J connectivity index is 1.31. The number of nitrogens with one attached hydrogen (secondary N) is 5. The lowest BCUT2D eigenvalue weighted by Gasteiger charge is -2.49. The van der Waals surface area contributed by atoms with Gasteiger partial charge >= 0.3 is 24.4 Å². The van der Waals surface area contributed by atoms with Gasteiger partial charge in [-0.15, -0.1) is 0 Å². The Hall–Kier alpha value is -6.13. The van der Waals surface area contributed by atoms with Crippen molar-refractivity contribution in [3.8, 4) is 11.5 Å². The minimum atomic E-state index is -4.70. The lowest BCUT2D eigenvalue weighted by molar-refractivity contribution is -0.277. The molecule has 0 spiro atoms. The fourth-order valence-electron chi connectivity index (χ4n) is 9.74. The number of halogens is 6. The molecule has 4 unspecified atom stereocenters. The Morgan fingerprint density at radius 3 is 1.57 bits per heavy atom. The zero-order valence-electron chi connectivity index (χ0n) is 46.1. The van der Waals surface area contributed by atoms with Gasteiger partial charge in [0.1, 0.15) is 23.7 Å². The SMILES string of the molecule is CCCCCCCCCCCCC(=O)N[C@H]1C(COCc2ccc(OC)cc2)OCC(NC(=O)Nc2cccc(C(F)(F)F)c2)[C@H]1O[C@@H]1OC(COCc2ccc(OC)cc2)[C@H](C)[C@H](C)C1NC(=O)Nc1cccc(C(F)(F)F)c1. The third-order valence-electron chi connectivity index (χ3n) is 14.5. The summed E-state index contributed by atoms with van der Waals surface area (Å²) in [7, 11) is 3.11. The molecule has 440 valence electrons. The van der Waals surface area contributed by atoms with E-state index >= 15 is 0 Å². The van der Waals surface area contributed by atoms with Crippen molar-refractivity contribution in [3.05, 3.63) is 119 Å². The van der Waals surface area contributed by atoms with Gasteiger partial charge in [0.05, 0.1) is 82.6 Å². The monoisotopic (exact) mass is 1130 g/mol. The van der Waals surface area contributed by atoms with E-state index in [4.69, 9.17) is 33.2 Å². The van der Waals surface area contributed by atoms with E-state index in [-0.39, 0.29) is 62.7 Å². The van der Waals surface area contributed by atoms with E-state index in [0.29, 0.717) is 17.9 Å². The predicted molar refractivity (Wildman–Crippen MR) is 290 cm³/mol. The van der Waals surface area contributed by atoms with Crippen molar-refractivity contribution in [3.63, 3.8) is 0 Å². The maximum absolute atomic E-state index is 14.2. The second-order valence-corrected chi connectivity index (χ2v) is 20.5. The lowest BCUT2D eigenvalue weighted by atomic mass is 9.82. The van der Waals surface area contributed by atoms with Gasteiger partial charge in [0.25, 0.3) is 0 Å². The lowest BCUT2D eigenvalue weighted by Crippen LogP contribution is -2.69. The van der Waals surface area contributed by atoms with E-state index in [1.807, 2.05) is 38.1 Å². The summed E-state index contributed by atoms with van der Waals surface area (Å²) >= 11 is 0. The van der Waals surface area contributed by atoms with Crippen molar-refractivity contribution in [1.29, 1.82) is 0 Å². The highest BCUT2D eigenvalue weighted by Gasteiger charge is 2.49. The molecule has 6 rings (SSSR count). The number of anilines is 2. The van der Waals surface area contributed by atoms with Crippen LogP contribution in [0.5, 0.6) is 11.5 Å². The Morgan fingerprint density at radius 1 is 0.588 bits per heavy atom. The molecule has 0 bridgehead atoms. The van der Waals surface area contributed by atoms with Crippen LogP contribution in [-0.2, 0) is 54.0 Å². The van der Waals surface area contributed by atoms with Crippen molar-refractivity contribution >= 4 is 29.3 Å². The highest BCUT2D eigenvalue weighted by molar-refractivity contribution is 5.90. The molecule has 0 aliphatic carbocycles. The van der Waals surface area contributed by atoms with Gasteiger partial charge in [-0.1, -0.05) is 115 Å². The molecule has 15 nitrogen and oxygen atoms in total. The number of alkyl halides is 6. The molecule has 4 aromatic carbocycles. The minimum Gasteiger partial charge on any atom is -0.497 e. The molecule has 5 N–H and O–H groups in total. The standard InChI is InChI=1S/C59H77F6N5O10/c1-6-7-8-9-10-11-12-13-14-15-22-51(71)69-53-50(37-77-34-41-25-29-47(75-5)30-26-41)78-35-48(68-56(72)66-44-20-16-18-42(31-44)58(60,61)62)54(53)80-55-52(70-57(73)67-45-21-17-19-43(32-45)59(63,64)65)39(3)38(2)49(79-55)36-76-33-40-23-27-46(74-4)28-24-40/h16-21,23-32,38-39,48-50,52-55H,6-15,22,33-37H2,1-5H3,(H,69,71)(H2,66,68,72)(H2,67,70,73)/t38-,39+,48?,49?,50?,52?,53+,54-,55+/m1/s1. The molecule has 80 heavy (non-hydrogen) atoms. The number of unbranched alkanes of at least 4 members (excludes halogenated alkanes) is 9. The number of rotatable bonds is 28. The summed E-state index contributed by atoms with van der Waals surface area (Å²) in [4.78, 5) is 42.1. The third-order valence-corrected chi connectivity index (χ3v) is 14.5. The molecular weight excluding hydrogens is 1050 g/mol. The van der Waals surface area contributed by atoms with Gasteiger partial charge in [0.2, 0.25) is 5.91 Å². The average molecular weight is 1130 g/mol. The zero-order chi connectivity index (χ0) is 57.7. The van der Waals surface area contributed by atoms with Gasteiger partial charge in [-0.3, -0.25) is 4.79 Å². The normalized spacial score (nSPS) is 22.2. The summed E-state index contributed by atoms with van der Waals surface area (Å²) in [5, 5.41) is 13.8. The van der Waals surface area contributed by atoms with Crippen LogP contribution in [0, 0.1) is 11.8 Å². The molecule has 2 aliphatic heterocycles. The summed E-state index contributed by atoms with van der Waals surface area (Å²) < 4.78 is 126. The van der Waals surface area contributed by atoms with Crippen molar-refractivity contribution in [2.45, 2.75) is 160 Å². The zero-order valence-corrected chi connectivity index (χ0v) is 46.1. The maximum atomic E-state index is 14.2. The summed E-state index contributed by atoms with van der Waals surface area (Å²) in [5.74, 6) is 0.121. The quantitative estimate of drug-likeness (QED) is 0.0272. The van der Waals surface area contributed by atoms with Crippen LogP contribution in [0.4, 0.5) is 47.3 Å². The first-order valence-electron chi connectivity index (χ1n) is 27.5. The molecule has 5 amide bonds. The Bertz CT molecular complexity index is 2520. The molecule has 2 saturated heterocycles. The summed E-state index contributed by atoms with van der Waals surface area (Å²) in [5.41, 5.74) is -0.619. The molecule has 2 fully saturated rings. The van der Waals surface area contributed by atoms with Crippen LogP contribution >= 0.6 is 0 Å². The topological polar surface area (TPSA) is 176 Å². The number of carbonyl (C=O) groups is 3. The second-order valence-electron chi connectivity index (χ2n) is 20.5. The van der Waals surface area contributed by atoms with Crippen LogP contribution in [-0.4, -0.2) is 94.7 Å². The Morgan fingerprint density at radius 2 is 1.07 bits per heavy atom. The fourth-order valence-corrected chi connectivity index (χ4v) is 9.74. The number of carbonyl (C=O) groups excluding carboxylic acids is 3. The number of amides is 5. The number of urea groups is 2. The van der Waals surface area contributed by atoms with E-state index < -0.39 is 84.2 Å². The highest BCUT2D eigenvalue weighted by Crippen LogP contribution is 2.36. The first-order chi connectivity index (χ1) is 38.3. The van der Waals surface area contributed by atoms with Gasteiger partial charge in [-0.2, -0.15) is 26.3 Å². The second kappa shape index (κ2) is 31.2. The molecule has 2 aliphatic rings. The van der Waals surface area contributed by atoms with Gasteiger partial charge in [-0.05, 0) is 90.0 Å². The van der Waals surface area contributed by atoms with Crippen LogP contribution in [0.2, 0.25) is 0 Å². The number of hydrogen-bond donors (Lipinski definition) is 5. The van der Waals surface area contributed by atoms with Crippen LogP contribution in [0.15, 0.2) is 97.1 Å². The van der Waals surface area contributed by atoms with Crippen molar-refractivity contribution in [2.75, 3.05) is 44.7 Å². The largest absolute Gasteiger partial charge is 0.497 e. The number of benzene rings is 4. The first-order valence-corrected chi connectivity index (χ1v) is 27.5. The molecule has 2 heterocycles. The van der Waals surface area contributed by atoms with Crippen LogP contribution in [0.1, 0.15) is 114 Å². The predicted octanol–water partition coefficient (Wildman–Crippen LogP) is 12.4. The van der Waals surface area contributed by atoms with E-state index in [2.05, 4.69) is 33.5 Å². The molecule has 9 atom stereocenters. The summed E-state index contributed by atoms with van der Waals surface area (Å²) in [6.07, 6.45) is -3.06. The average Bonchev–Trinajstić information content (AvgIpc) is 3.44.